The van der Waals surface area contributed by atoms with Crippen LogP contribution in [0.2, 0.25) is 0 Å². The number of nitrogens with zero attached hydrogens (tertiary/aromatic N) is 2. The number of piperazine rings is 1. The zero-order valence-corrected chi connectivity index (χ0v) is 15.4. The Balaban J connectivity index is 1.22. The summed E-state index contributed by atoms with van der Waals surface area (Å²) < 4.78 is 0. The van der Waals surface area contributed by atoms with Gasteiger partial charge in [0.05, 0.1) is 5.41 Å². The van der Waals surface area contributed by atoms with Crippen molar-refractivity contribution in [3.8, 4) is 0 Å². The lowest BCUT2D eigenvalue weighted by Crippen LogP contribution is -2.59. The topological polar surface area (TPSA) is 40.6 Å². The van der Waals surface area contributed by atoms with E-state index in [-0.39, 0.29) is 11.3 Å². The third-order valence-corrected chi connectivity index (χ3v) is 8.07. The molecule has 4 nitrogen and oxygen atoms in total. The molecule has 0 aromatic carbocycles. The number of hydrogen-bond donors (Lipinski definition) is 0. The maximum absolute atomic E-state index is 13.4. The predicted octanol–water partition coefficient (Wildman–Crippen LogP) is 3.06. The molecule has 0 aromatic heterocycles. The normalized spacial score (nSPS) is 40.7. The van der Waals surface area contributed by atoms with E-state index in [9.17, 15) is 9.59 Å². The van der Waals surface area contributed by atoms with Crippen LogP contribution in [0.4, 0.5) is 0 Å². The van der Waals surface area contributed by atoms with Crippen molar-refractivity contribution in [1.82, 2.24) is 9.80 Å². The van der Waals surface area contributed by atoms with E-state index in [0.29, 0.717) is 11.8 Å². The van der Waals surface area contributed by atoms with Gasteiger partial charge in [0.1, 0.15) is 0 Å². The van der Waals surface area contributed by atoms with Gasteiger partial charge in [-0.05, 0) is 69.1 Å². The standard InChI is InChI=1S/C21H32N2O2/c24-19(18-3-1-2-4-18)22-5-7-23(8-6-22)20(25)21-12-15-9-16(13-21)11-17(10-15)14-21/h15-18H,1-14H2. The first kappa shape index (κ1) is 16.1. The highest BCUT2D eigenvalue weighted by Gasteiger charge is 2.55. The summed E-state index contributed by atoms with van der Waals surface area (Å²) in [5.41, 5.74) is -0.0214. The van der Waals surface area contributed by atoms with Gasteiger partial charge >= 0.3 is 0 Å². The van der Waals surface area contributed by atoms with Gasteiger partial charge < -0.3 is 9.80 Å². The average Bonchev–Trinajstić information content (AvgIpc) is 3.14. The minimum absolute atomic E-state index is 0.0214. The van der Waals surface area contributed by atoms with Gasteiger partial charge in [-0.25, -0.2) is 0 Å². The zero-order valence-electron chi connectivity index (χ0n) is 15.4. The molecule has 4 bridgehead atoms. The summed E-state index contributed by atoms with van der Waals surface area (Å²) in [7, 11) is 0. The van der Waals surface area contributed by atoms with E-state index in [2.05, 4.69) is 4.90 Å². The van der Waals surface area contributed by atoms with Crippen LogP contribution in [0.3, 0.4) is 0 Å². The number of hydrogen-bond acceptors (Lipinski definition) is 2. The molecule has 1 aliphatic heterocycles. The number of rotatable bonds is 2. The third kappa shape index (κ3) is 2.71. The maximum Gasteiger partial charge on any atom is 0.228 e. The lowest BCUT2D eigenvalue weighted by Gasteiger charge is -2.57. The van der Waals surface area contributed by atoms with Gasteiger partial charge in [0.2, 0.25) is 11.8 Å². The van der Waals surface area contributed by atoms with Gasteiger partial charge in [-0.15, -0.1) is 0 Å². The van der Waals surface area contributed by atoms with Crippen LogP contribution >= 0.6 is 0 Å². The summed E-state index contributed by atoms with van der Waals surface area (Å²) >= 11 is 0. The van der Waals surface area contributed by atoms with Crippen LogP contribution < -0.4 is 0 Å². The summed E-state index contributed by atoms with van der Waals surface area (Å²) in [5.74, 6) is 3.53. The molecule has 5 saturated carbocycles. The molecule has 138 valence electrons. The smallest absolute Gasteiger partial charge is 0.228 e. The molecule has 0 spiro atoms. The number of amides is 2. The molecule has 4 heteroatoms. The van der Waals surface area contributed by atoms with Crippen molar-refractivity contribution >= 4 is 11.8 Å². The van der Waals surface area contributed by atoms with Gasteiger partial charge in [-0.2, -0.15) is 0 Å². The highest BCUT2D eigenvalue weighted by molar-refractivity contribution is 5.84. The molecule has 1 heterocycles. The lowest BCUT2D eigenvalue weighted by atomic mass is 9.49. The van der Waals surface area contributed by atoms with Crippen molar-refractivity contribution in [1.29, 1.82) is 0 Å². The van der Waals surface area contributed by atoms with Crippen LogP contribution in [0, 0.1) is 29.1 Å². The fourth-order valence-corrected chi connectivity index (χ4v) is 7.27. The summed E-state index contributed by atoms with van der Waals surface area (Å²) in [6.07, 6.45) is 12.2. The minimum atomic E-state index is -0.0214. The Labute approximate surface area is 151 Å². The lowest BCUT2D eigenvalue weighted by molar-refractivity contribution is -0.161. The Morgan fingerprint density at radius 3 is 1.72 bits per heavy atom. The molecule has 1 saturated heterocycles. The molecular weight excluding hydrogens is 312 g/mol. The van der Waals surface area contributed by atoms with Crippen molar-refractivity contribution in [3.05, 3.63) is 0 Å². The largest absolute Gasteiger partial charge is 0.339 e. The van der Waals surface area contributed by atoms with Gasteiger partial charge in [-0.3, -0.25) is 9.59 Å². The van der Waals surface area contributed by atoms with Crippen molar-refractivity contribution < 1.29 is 9.59 Å². The quantitative estimate of drug-likeness (QED) is 0.772. The third-order valence-electron chi connectivity index (χ3n) is 8.07. The van der Waals surface area contributed by atoms with Gasteiger partial charge in [0.15, 0.2) is 0 Å². The predicted molar refractivity (Wildman–Crippen MR) is 95.7 cm³/mol. The van der Waals surface area contributed by atoms with Crippen molar-refractivity contribution in [2.45, 2.75) is 64.2 Å². The van der Waals surface area contributed by atoms with Crippen LogP contribution in [0.5, 0.6) is 0 Å². The number of carbonyl (C=O) groups is 2. The van der Waals surface area contributed by atoms with Crippen molar-refractivity contribution in [3.63, 3.8) is 0 Å². The second-order valence-corrected chi connectivity index (χ2v) is 9.80. The SMILES string of the molecule is O=C(C1CCCC1)N1CCN(C(=O)C23CC4CC(CC(C4)C2)C3)CC1. The molecule has 2 amide bonds. The van der Waals surface area contributed by atoms with Crippen LogP contribution in [0.1, 0.15) is 64.2 Å². The second kappa shape index (κ2) is 5.99. The van der Waals surface area contributed by atoms with E-state index in [1.807, 2.05) is 4.90 Å². The number of carbonyl (C=O) groups excluding carboxylic acids is 2. The maximum atomic E-state index is 13.4. The van der Waals surface area contributed by atoms with Crippen LogP contribution in [-0.4, -0.2) is 47.8 Å². The van der Waals surface area contributed by atoms with Crippen molar-refractivity contribution in [2.75, 3.05) is 26.2 Å². The zero-order chi connectivity index (χ0) is 17.0. The first-order chi connectivity index (χ1) is 12.1. The average molecular weight is 344 g/mol. The Morgan fingerprint density at radius 1 is 0.720 bits per heavy atom. The fourth-order valence-electron chi connectivity index (χ4n) is 7.27. The molecule has 0 atom stereocenters. The molecular formula is C21H32N2O2. The molecule has 0 N–H and O–H groups in total. The van der Waals surface area contributed by atoms with E-state index >= 15 is 0 Å². The highest BCUT2D eigenvalue weighted by atomic mass is 16.2. The summed E-state index contributed by atoms with van der Waals surface area (Å²) in [6, 6.07) is 0. The second-order valence-electron chi connectivity index (χ2n) is 9.80. The molecule has 0 unspecified atom stereocenters. The highest BCUT2D eigenvalue weighted by Crippen LogP contribution is 2.60. The van der Waals surface area contributed by atoms with E-state index < -0.39 is 0 Å². The first-order valence-corrected chi connectivity index (χ1v) is 10.7. The summed E-state index contributed by atoms with van der Waals surface area (Å²) in [5, 5.41) is 0. The monoisotopic (exact) mass is 344 g/mol. The summed E-state index contributed by atoms with van der Waals surface area (Å²) in [4.78, 5) is 30.2. The van der Waals surface area contributed by atoms with Gasteiger partial charge in [0, 0.05) is 32.1 Å². The van der Waals surface area contributed by atoms with Crippen LogP contribution in [0.25, 0.3) is 0 Å². The molecule has 5 aliphatic carbocycles. The Morgan fingerprint density at radius 2 is 1.20 bits per heavy atom. The van der Waals surface area contributed by atoms with Gasteiger partial charge in [0.25, 0.3) is 0 Å². The molecule has 25 heavy (non-hydrogen) atoms. The van der Waals surface area contributed by atoms with E-state index in [1.165, 1.54) is 32.1 Å². The van der Waals surface area contributed by atoms with Crippen LogP contribution in [0.15, 0.2) is 0 Å². The minimum Gasteiger partial charge on any atom is -0.339 e. The van der Waals surface area contributed by atoms with E-state index in [4.69, 9.17) is 0 Å². The Hall–Kier alpha value is -1.06. The van der Waals surface area contributed by atoms with E-state index in [0.717, 1.165) is 76.0 Å². The molecule has 6 aliphatic rings. The van der Waals surface area contributed by atoms with Crippen molar-refractivity contribution in [2.24, 2.45) is 29.1 Å². The first-order valence-electron chi connectivity index (χ1n) is 10.7. The molecule has 0 aromatic rings. The fraction of sp³-hybridized carbons (Fsp3) is 0.905. The van der Waals surface area contributed by atoms with E-state index in [1.54, 1.807) is 0 Å². The Bertz CT molecular complexity index is 523. The molecule has 6 rings (SSSR count). The van der Waals surface area contributed by atoms with Gasteiger partial charge in [-0.1, -0.05) is 12.8 Å². The molecule has 0 radical (unpaired) electrons. The summed E-state index contributed by atoms with van der Waals surface area (Å²) in [6.45, 7) is 3.04. The van der Waals surface area contributed by atoms with Crippen LogP contribution in [-0.2, 0) is 9.59 Å². The molecule has 6 fully saturated rings. The Kier molecular flexibility index (Phi) is 3.87.